The van der Waals surface area contributed by atoms with Crippen LogP contribution < -0.4 is 0 Å². The van der Waals surface area contributed by atoms with Gasteiger partial charge in [0.15, 0.2) is 0 Å². The minimum absolute atomic E-state index is 0.192. The summed E-state index contributed by atoms with van der Waals surface area (Å²) in [6, 6.07) is 15.4. The number of rotatable bonds is 4. The van der Waals surface area contributed by atoms with Crippen LogP contribution in [0.1, 0.15) is 24.1 Å². The number of aromatic nitrogens is 1. The maximum atomic E-state index is 12.8. The fourth-order valence-electron chi connectivity index (χ4n) is 2.74. The molecular weight excluding hydrogens is 352 g/mol. The summed E-state index contributed by atoms with van der Waals surface area (Å²) in [5, 5.41) is 9.57. The van der Waals surface area contributed by atoms with Crippen LogP contribution in [0, 0.1) is 11.3 Å². The van der Waals surface area contributed by atoms with Gasteiger partial charge in [0.05, 0.1) is 27.4 Å². The molecule has 1 atom stereocenters. The Labute approximate surface area is 156 Å². The zero-order valence-electron chi connectivity index (χ0n) is 13.5. The van der Waals surface area contributed by atoms with Crippen molar-refractivity contribution in [2.24, 2.45) is 0 Å². The Morgan fingerprint density at radius 3 is 2.72 bits per heavy atom. The van der Waals surface area contributed by atoms with E-state index in [2.05, 4.69) is 23.7 Å². The molecule has 1 aliphatic heterocycles. The van der Waals surface area contributed by atoms with Gasteiger partial charge in [-0.05, 0) is 29.5 Å². The molecule has 0 bridgehead atoms. The molecule has 126 valence electrons. The highest BCUT2D eigenvalue weighted by Gasteiger charge is 2.35. The molecule has 0 unspecified atom stereocenters. The lowest BCUT2D eigenvalue weighted by Crippen LogP contribution is -2.20. The lowest BCUT2D eigenvalue weighted by atomic mass is 9.88. The number of nitrogens with zero attached hydrogens (tertiary/aromatic N) is 1. The van der Waals surface area contributed by atoms with Crippen LogP contribution in [-0.4, -0.2) is 11.0 Å². The van der Waals surface area contributed by atoms with Crippen LogP contribution in [0.25, 0.3) is 0 Å². The van der Waals surface area contributed by atoms with E-state index in [-0.39, 0.29) is 6.61 Å². The number of thiol groups is 1. The van der Waals surface area contributed by atoms with Gasteiger partial charge in [-0.2, -0.15) is 5.26 Å². The summed E-state index contributed by atoms with van der Waals surface area (Å²) in [5.41, 5.74) is 2.63. The summed E-state index contributed by atoms with van der Waals surface area (Å²) in [7, 11) is 0. The molecule has 0 saturated heterocycles. The van der Waals surface area contributed by atoms with Gasteiger partial charge in [0.25, 0.3) is 0 Å². The van der Waals surface area contributed by atoms with Gasteiger partial charge >= 0.3 is 5.97 Å². The highest BCUT2D eigenvalue weighted by molar-refractivity contribution is 8.18. The maximum absolute atomic E-state index is 12.8. The molecule has 3 rings (SSSR count). The maximum Gasteiger partial charge on any atom is 0.336 e. The van der Waals surface area contributed by atoms with Gasteiger partial charge in [-0.15, -0.1) is 12.6 Å². The van der Waals surface area contributed by atoms with Crippen molar-refractivity contribution in [3.63, 3.8) is 0 Å². The van der Waals surface area contributed by atoms with Crippen LogP contribution in [0.5, 0.6) is 0 Å². The van der Waals surface area contributed by atoms with Crippen molar-refractivity contribution in [1.82, 2.24) is 4.98 Å². The lowest BCUT2D eigenvalue weighted by Gasteiger charge is -2.25. The van der Waals surface area contributed by atoms with E-state index < -0.39 is 11.9 Å². The number of ether oxygens (including phenoxy) is 1. The number of allylic oxidation sites excluding steroid dienone is 2. The average molecular weight is 368 g/mol. The van der Waals surface area contributed by atoms with Gasteiger partial charge in [-0.25, -0.2) is 4.79 Å². The molecule has 2 aromatic rings. The number of hydrogen-bond acceptors (Lipinski definition) is 5. The summed E-state index contributed by atoms with van der Waals surface area (Å²) < 4.78 is 6.12. The molecule has 1 N–H and O–H groups in total. The number of benzene rings is 1. The van der Waals surface area contributed by atoms with E-state index in [9.17, 15) is 10.1 Å². The first-order valence-electron chi connectivity index (χ1n) is 7.68. The van der Waals surface area contributed by atoms with Crippen molar-refractivity contribution in [1.29, 1.82) is 5.26 Å². The molecule has 25 heavy (non-hydrogen) atoms. The Kier molecular flexibility index (Phi) is 5.37. The van der Waals surface area contributed by atoms with Crippen LogP contribution in [-0.2, 0) is 16.1 Å². The normalized spacial score (nSPS) is 17.4. The second-order valence-electron chi connectivity index (χ2n) is 5.52. The number of nitrogens with one attached hydrogen (secondary N) is 1. The van der Waals surface area contributed by atoms with E-state index >= 15 is 0 Å². The minimum atomic E-state index is -0.489. The second-order valence-corrected chi connectivity index (χ2v) is 7.50. The topological polar surface area (TPSA) is 65.9 Å². The third kappa shape index (κ3) is 3.68. The fraction of sp³-hybridized carbons (Fsp3) is 0.158. The lowest BCUT2D eigenvalue weighted by molar-refractivity contribution is -0.140. The number of hydrogen-bond donors (Lipinski definition) is 2. The minimum Gasteiger partial charge on any atom is -0.457 e. The van der Waals surface area contributed by atoms with Gasteiger partial charge in [-0.1, -0.05) is 42.1 Å². The van der Waals surface area contributed by atoms with Crippen molar-refractivity contribution in [2.45, 2.75) is 19.4 Å². The van der Waals surface area contributed by atoms with Crippen molar-refractivity contribution >= 4 is 30.4 Å². The Hall–Kier alpha value is -2.36. The Morgan fingerprint density at radius 1 is 1.32 bits per heavy atom. The predicted octanol–water partition coefficient (Wildman–Crippen LogP) is 4.53. The number of thioether (sulfide) groups is 1. The monoisotopic (exact) mass is 368 g/mol. The summed E-state index contributed by atoms with van der Waals surface area (Å²) in [6.07, 6.45) is 1.77. The van der Waals surface area contributed by atoms with Gasteiger partial charge in [0.2, 0.25) is 0 Å². The smallest absolute Gasteiger partial charge is 0.336 e. The zero-order valence-corrected chi connectivity index (χ0v) is 15.2. The quantitative estimate of drug-likeness (QED) is 0.615. The van der Waals surface area contributed by atoms with Crippen LogP contribution in [0.15, 0.2) is 68.9 Å². The number of aromatic amines is 1. The van der Waals surface area contributed by atoms with Gasteiger partial charge < -0.3 is 9.72 Å². The summed E-state index contributed by atoms with van der Waals surface area (Å²) in [6.45, 7) is 2.04. The van der Waals surface area contributed by atoms with Gasteiger partial charge in [0.1, 0.15) is 6.61 Å². The third-order valence-corrected chi connectivity index (χ3v) is 5.38. The van der Waals surface area contributed by atoms with Crippen molar-refractivity contribution in [2.75, 3.05) is 0 Å². The molecule has 0 aliphatic carbocycles. The van der Waals surface area contributed by atoms with E-state index in [1.54, 1.807) is 6.20 Å². The van der Waals surface area contributed by atoms with Crippen LogP contribution in [0.2, 0.25) is 0 Å². The van der Waals surface area contributed by atoms with E-state index in [1.807, 2.05) is 49.4 Å². The molecule has 0 spiro atoms. The van der Waals surface area contributed by atoms with E-state index in [0.29, 0.717) is 15.4 Å². The summed E-state index contributed by atoms with van der Waals surface area (Å²) in [5.74, 6) is -0.904. The fourth-order valence-corrected chi connectivity index (χ4v) is 4.20. The van der Waals surface area contributed by atoms with Crippen LogP contribution in [0.4, 0.5) is 0 Å². The first kappa shape index (κ1) is 17.5. The van der Waals surface area contributed by atoms with E-state index in [1.165, 1.54) is 11.8 Å². The molecule has 6 heteroatoms. The number of esters is 1. The van der Waals surface area contributed by atoms with Gasteiger partial charge in [-0.3, -0.25) is 0 Å². The predicted molar refractivity (Wildman–Crippen MR) is 102 cm³/mol. The summed E-state index contributed by atoms with van der Waals surface area (Å²) in [4.78, 5) is 16.7. The molecule has 1 aromatic carbocycles. The second kappa shape index (κ2) is 7.68. The highest BCUT2D eigenvalue weighted by atomic mass is 32.2. The molecule has 0 amide bonds. The molecule has 0 saturated carbocycles. The molecule has 4 nitrogen and oxygen atoms in total. The first-order valence-corrected chi connectivity index (χ1v) is 8.94. The Bertz CT molecular complexity index is 878. The molecule has 2 heterocycles. The number of carbonyl (C=O) groups excluding carboxylic acids is 1. The number of nitriles is 1. The van der Waals surface area contributed by atoms with Crippen LogP contribution in [0.3, 0.4) is 0 Å². The zero-order chi connectivity index (χ0) is 17.8. The first-order chi connectivity index (χ1) is 12.1. The molecule has 1 aromatic heterocycles. The average Bonchev–Trinajstić information content (AvgIpc) is 3.14. The number of carbonyl (C=O) groups is 1. The Morgan fingerprint density at radius 2 is 2.08 bits per heavy atom. The third-order valence-electron chi connectivity index (χ3n) is 3.92. The molecular formula is C19H16N2O2S2. The van der Waals surface area contributed by atoms with E-state index in [0.717, 1.165) is 16.2 Å². The highest BCUT2D eigenvalue weighted by Crippen LogP contribution is 2.47. The van der Waals surface area contributed by atoms with Crippen LogP contribution >= 0.6 is 24.4 Å². The molecule has 0 radical (unpaired) electrons. The largest absolute Gasteiger partial charge is 0.457 e. The van der Waals surface area contributed by atoms with E-state index in [4.69, 9.17) is 4.74 Å². The summed E-state index contributed by atoms with van der Waals surface area (Å²) >= 11 is 5.74. The standard InChI is InChI=1S/C19H16N2O2S2/c1-12-16(18(22)23-11-13-6-3-2-4-7-13)17(15-8-5-9-21-15)14(10-20)19(24)25-12/h2-9,17,21,24H,11H2,1H3/t17-/m1/s1. The van der Waals surface area contributed by atoms with Crippen molar-refractivity contribution in [3.8, 4) is 6.07 Å². The number of H-pyrrole nitrogens is 1. The SMILES string of the molecule is CC1=C(C(=O)OCc2ccccc2)[C@@H](c2ccc[nH]2)C(C#N)=C(S)S1. The van der Waals surface area contributed by atoms with Crippen molar-refractivity contribution in [3.05, 3.63) is 80.2 Å². The van der Waals surface area contributed by atoms with Gasteiger partial charge in [0, 0.05) is 11.9 Å². The van der Waals surface area contributed by atoms with Crippen molar-refractivity contribution < 1.29 is 9.53 Å². The Balaban J connectivity index is 1.90. The molecule has 1 aliphatic rings. The molecule has 0 fully saturated rings.